The van der Waals surface area contributed by atoms with E-state index in [4.69, 9.17) is 0 Å². The van der Waals surface area contributed by atoms with Crippen molar-refractivity contribution in [2.45, 2.75) is 45.9 Å². The van der Waals surface area contributed by atoms with Crippen LogP contribution in [-0.4, -0.2) is 17.6 Å². The van der Waals surface area contributed by atoms with E-state index in [2.05, 4.69) is 10.6 Å². The van der Waals surface area contributed by atoms with Gasteiger partial charge in [0.05, 0.1) is 5.75 Å². The Bertz CT molecular complexity index is 808. The lowest BCUT2D eigenvalue weighted by Crippen LogP contribution is -2.19. The second kappa shape index (κ2) is 9.09. The molecule has 0 radical (unpaired) electrons. The van der Waals surface area contributed by atoms with Crippen molar-refractivity contribution in [2.24, 2.45) is 5.41 Å². The van der Waals surface area contributed by atoms with E-state index in [1.165, 1.54) is 11.8 Å². The van der Waals surface area contributed by atoms with Gasteiger partial charge in [0.2, 0.25) is 11.8 Å². The maximum Gasteiger partial charge on any atom is 0.234 e. The van der Waals surface area contributed by atoms with Crippen molar-refractivity contribution in [3.05, 3.63) is 53.6 Å². The molecule has 5 heteroatoms. The second-order valence-electron chi connectivity index (χ2n) is 7.89. The lowest BCUT2D eigenvalue weighted by molar-refractivity contribution is -0.118. The third kappa shape index (κ3) is 7.10. The third-order valence-electron chi connectivity index (χ3n) is 4.08. The molecule has 144 valence electrons. The summed E-state index contributed by atoms with van der Waals surface area (Å²) in [6.07, 6.45) is 0.474. The standard InChI is InChI=1S/C22H28N2O2S/c1-15-7-6-8-19(16(15)2)24-21(26)14-27-18-11-9-17(10-12-18)23-20(25)13-22(3,4)5/h6-12H,13-14H2,1-5H3,(H,23,25)(H,24,26). The number of rotatable bonds is 6. The van der Waals surface area contributed by atoms with Crippen LogP contribution in [0.2, 0.25) is 0 Å². The number of thioether (sulfide) groups is 1. The van der Waals surface area contributed by atoms with Gasteiger partial charge in [-0.3, -0.25) is 9.59 Å². The number of nitrogens with one attached hydrogen (secondary N) is 2. The van der Waals surface area contributed by atoms with Gasteiger partial charge in [0.15, 0.2) is 0 Å². The fourth-order valence-corrected chi connectivity index (χ4v) is 3.24. The van der Waals surface area contributed by atoms with Crippen LogP contribution < -0.4 is 10.6 Å². The predicted octanol–water partition coefficient (Wildman–Crippen LogP) is 5.41. The summed E-state index contributed by atoms with van der Waals surface area (Å²) < 4.78 is 0. The van der Waals surface area contributed by atoms with E-state index < -0.39 is 0 Å². The van der Waals surface area contributed by atoms with Crippen molar-refractivity contribution in [3.8, 4) is 0 Å². The van der Waals surface area contributed by atoms with Gasteiger partial charge in [-0.05, 0) is 60.7 Å². The molecular weight excluding hydrogens is 356 g/mol. The summed E-state index contributed by atoms with van der Waals surface area (Å²) in [5.74, 6) is 0.315. The van der Waals surface area contributed by atoms with E-state index in [1.54, 1.807) is 0 Å². The molecule has 0 aliphatic heterocycles. The largest absolute Gasteiger partial charge is 0.326 e. The van der Waals surface area contributed by atoms with Crippen molar-refractivity contribution in [1.82, 2.24) is 0 Å². The summed E-state index contributed by atoms with van der Waals surface area (Å²) in [7, 11) is 0. The van der Waals surface area contributed by atoms with Crippen LogP contribution in [0.4, 0.5) is 11.4 Å². The number of benzene rings is 2. The van der Waals surface area contributed by atoms with E-state index in [0.29, 0.717) is 12.2 Å². The van der Waals surface area contributed by atoms with Gasteiger partial charge in [-0.15, -0.1) is 11.8 Å². The van der Waals surface area contributed by atoms with Crippen LogP contribution in [0.3, 0.4) is 0 Å². The first-order chi connectivity index (χ1) is 12.6. The van der Waals surface area contributed by atoms with E-state index >= 15 is 0 Å². The Labute approximate surface area is 166 Å². The van der Waals surface area contributed by atoms with E-state index in [-0.39, 0.29) is 17.2 Å². The molecule has 0 heterocycles. The quantitative estimate of drug-likeness (QED) is 0.655. The van der Waals surface area contributed by atoms with Gasteiger partial charge in [-0.25, -0.2) is 0 Å². The normalized spacial score (nSPS) is 11.1. The molecule has 0 fully saturated rings. The van der Waals surface area contributed by atoms with Crippen LogP contribution in [0.5, 0.6) is 0 Å². The van der Waals surface area contributed by atoms with Gasteiger partial charge < -0.3 is 10.6 Å². The first-order valence-electron chi connectivity index (χ1n) is 9.03. The highest BCUT2D eigenvalue weighted by Gasteiger charge is 2.15. The van der Waals surface area contributed by atoms with Crippen molar-refractivity contribution >= 4 is 35.0 Å². The molecule has 2 amide bonds. The second-order valence-corrected chi connectivity index (χ2v) is 8.94. The molecule has 2 aromatic carbocycles. The molecule has 2 N–H and O–H groups in total. The maximum absolute atomic E-state index is 12.2. The minimum Gasteiger partial charge on any atom is -0.326 e. The van der Waals surface area contributed by atoms with E-state index in [0.717, 1.165) is 27.4 Å². The van der Waals surface area contributed by atoms with Crippen molar-refractivity contribution in [3.63, 3.8) is 0 Å². The molecule has 0 aliphatic rings. The Morgan fingerprint density at radius 2 is 1.59 bits per heavy atom. The number of carbonyl (C=O) groups is 2. The predicted molar refractivity (Wildman–Crippen MR) is 114 cm³/mol. The fraction of sp³-hybridized carbons (Fsp3) is 0.364. The van der Waals surface area contributed by atoms with E-state index in [1.807, 2.05) is 77.1 Å². The molecule has 0 aromatic heterocycles. The smallest absolute Gasteiger partial charge is 0.234 e. The van der Waals surface area contributed by atoms with Gasteiger partial charge in [0.1, 0.15) is 0 Å². The zero-order valence-electron chi connectivity index (χ0n) is 16.7. The Kier molecular flexibility index (Phi) is 7.08. The number of aryl methyl sites for hydroxylation is 1. The Morgan fingerprint density at radius 1 is 0.926 bits per heavy atom. The molecule has 0 bridgehead atoms. The average Bonchev–Trinajstić information content (AvgIpc) is 2.57. The molecule has 27 heavy (non-hydrogen) atoms. The number of amides is 2. The van der Waals surface area contributed by atoms with Gasteiger partial charge in [0, 0.05) is 22.7 Å². The highest BCUT2D eigenvalue weighted by Crippen LogP contribution is 2.23. The molecule has 0 aliphatic carbocycles. The van der Waals surface area contributed by atoms with Crippen LogP contribution in [-0.2, 0) is 9.59 Å². The minimum atomic E-state index is -0.0388. The first kappa shape index (κ1) is 21.0. The van der Waals surface area contributed by atoms with Crippen LogP contribution in [0.1, 0.15) is 38.3 Å². The summed E-state index contributed by atoms with van der Waals surface area (Å²) in [6, 6.07) is 13.5. The minimum absolute atomic E-state index is 0.0100. The fourth-order valence-electron chi connectivity index (χ4n) is 2.54. The van der Waals surface area contributed by atoms with Gasteiger partial charge in [0.25, 0.3) is 0 Å². The Hall–Kier alpha value is -2.27. The van der Waals surface area contributed by atoms with Gasteiger partial charge in [-0.1, -0.05) is 32.9 Å². The van der Waals surface area contributed by atoms with Crippen LogP contribution >= 0.6 is 11.8 Å². The molecule has 0 saturated carbocycles. The lowest BCUT2D eigenvalue weighted by Gasteiger charge is -2.17. The lowest BCUT2D eigenvalue weighted by atomic mass is 9.92. The first-order valence-corrected chi connectivity index (χ1v) is 10.0. The molecule has 2 rings (SSSR count). The highest BCUT2D eigenvalue weighted by atomic mass is 32.2. The summed E-state index contributed by atoms with van der Waals surface area (Å²) >= 11 is 1.47. The highest BCUT2D eigenvalue weighted by molar-refractivity contribution is 8.00. The Morgan fingerprint density at radius 3 is 2.22 bits per heavy atom. The van der Waals surface area contributed by atoms with Crippen molar-refractivity contribution in [2.75, 3.05) is 16.4 Å². The summed E-state index contributed by atoms with van der Waals surface area (Å²) in [5, 5.41) is 5.87. The average molecular weight is 385 g/mol. The van der Waals surface area contributed by atoms with Crippen molar-refractivity contribution in [1.29, 1.82) is 0 Å². The molecular formula is C22H28N2O2S. The molecule has 0 spiro atoms. The monoisotopic (exact) mass is 384 g/mol. The summed E-state index contributed by atoms with van der Waals surface area (Å²) in [4.78, 5) is 25.2. The van der Waals surface area contributed by atoms with E-state index in [9.17, 15) is 9.59 Å². The molecule has 4 nitrogen and oxygen atoms in total. The molecule has 0 saturated heterocycles. The van der Waals surface area contributed by atoms with Crippen LogP contribution in [0.25, 0.3) is 0 Å². The van der Waals surface area contributed by atoms with Gasteiger partial charge in [-0.2, -0.15) is 0 Å². The number of hydrogen-bond donors (Lipinski definition) is 2. The number of carbonyl (C=O) groups excluding carboxylic acids is 2. The van der Waals surface area contributed by atoms with Crippen LogP contribution in [0, 0.1) is 19.3 Å². The maximum atomic E-state index is 12.2. The molecule has 0 unspecified atom stereocenters. The summed E-state index contributed by atoms with van der Waals surface area (Å²) in [6.45, 7) is 10.1. The Balaban J connectivity index is 1.85. The number of hydrogen-bond acceptors (Lipinski definition) is 3. The van der Waals surface area contributed by atoms with Crippen molar-refractivity contribution < 1.29 is 9.59 Å². The van der Waals surface area contributed by atoms with Crippen LogP contribution in [0.15, 0.2) is 47.4 Å². The topological polar surface area (TPSA) is 58.2 Å². The number of anilines is 2. The molecule has 2 aromatic rings. The third-order valence-corrected chi connectivity index (χ3v) is 5.09. The SMILES string of the molecule is Cc1cccc(NC(=O)CSc2ccc(NC(=O)CC(C)(C)C)cc2)c1C. The molecule has 0 atom stereocenters. The zero-order chi connectivity index (χ0) is 20.0. The van der Waals surface area contributed by atoms with Gasteiger partial charge >= 0.3 is 0 Å². The zero-order valence-corrected chi connectivity index (χ0v) is 17.5. The summed E-state index contributed by atoms with van der Waals surface area (Å²) in [5.41, 5.74) is 3.84.